The molecule has 3 aromatic heterocycles. The minimum atomic E-state index is 0.575. The molecule has 0 N–H and O–H groups in total. The standard InChI is InChI=1S/C63H39N3O2/c1-4-17-40(18-5-1)43-23-10-24-44(37-43)50-30-14-35-55-56-36-16-32-52(60(56)68-58(50)55)46-26-12-28-48(39-46)63-65-61(42-21-8-3-9-22-42)64-62(66-63)47-27-11-25-45(38-47)51-31-15-34-54-53-33-13-29-49(57(53)67-59(51)54)41-19-6-2-7-20-41/h1-39H. The Bertz CT molecular complexity index is 4020. The van der Waals surface area contributed by atoms with Crippen molar-refractivity contribution in [1.29, 1.82) is 0 Å². The second-order valence-corrected chi connectivity index (χ2v) is 17.1. The Morgan fingerprint density at radius 1 is 0.206 bits per heavy atom. The Morgan fingerprint density at radius 3 is 0.897 bits per heavy atom. The van der Waals surface area contributed by atoms with E-state index >= 15 is 0 Å². The molecule has 10 aromatic carbocycles. The van der Waals surface area contributed by atoms with Gasteiger partial charge in [0, 0.05) is 60.5 Å². The Balaban J connectivity index is 0.908. The lowest BCUT2D eigenvalue weighted by molar-refractivity contribution is 0.670. The monoisotopic (exact) mass is 869 g/mol. The average Bonchev–Trinajstić information content (AvgIpc) is 4.01. The molecule has 0 aliphatic rings. The molecule has 0 amide bonds. The van der Waals surface area contributed by atoms with Crippen molar-refractivity contribution >= 4 is 43.9 Å². The third-order valence-electron chi connectivity index (χ3n) is 12.9. The number of nitrogens with zero attached hydrogens (tertiary/aromatic N) is 3. The lowest BCUT2D eigenvalue weighted by Gasteiger charge is -2.11. The van der Waals surface area contributed by atoms with Gasteiger partial charge in [-0.25, -0.2) is 15.0 Å². The van der Waals surface area contributed by atoms with Crippen molar-refractivity contribution in [1.82, 2.24) is 15.0 Å². The van der Waals surface area contributed by atoms with E-state index in [0.29, 0.717) is 17.5 Å². The molecule has 68 heavy (non-hydrogen) atoms. The summed E-state index contributed by atoms with van der Waals surface area (Å²) < 4.78 is 13.8. The quantitative estimate of drug-likeness (QED) is 0.152. The third kappa shape index (κ3) is 6.84. The van der Waals surface area contributed by atoms with E-state index in [-0.39, 0.29) is 0 Å². The summed E-state index contributed by atoms with van der Waals surface area (Å²) >= 11 is 0. The number of furan rings is 2. The number of fused-ring (bicyclic) bond motifs is 6. The predicted molar refractivity (Wildman–Crippen MR) is 278 cm³/mol. The van der Waals surface area contributed by atoms with Crippen molar-refractivity contribution < 1.29 is 8.83 Å². The van der Waals surface area contributed by atoms with Crippen LogP contribution in [0.15, 0.2) is 245 Å². The van der Waals surface area contributed by atoms with E-state index < -0.39 is 0 Å². The van der Waals surface area contributed by atoms with E-state index in [2.05, 4.69) is 194 Å². The normalized spacial score (nSPS) is 11.5. The van der Waals surface area contributed by atoms with Crippen molar-refractivity contribution in [2.75, 3.05) is 0 Å². The highest BCUT2D eigenvalue weighted by atomic mass is 16.3. The average molecular weight is 870 g/mol. The molecular formula is C63H39N3O2. The number of para-hydroxylation sites is 4. The number of hydrogen-bond donors (Lipinski definition) is 0. The van der Waals surface area contributed by atoms with Crippen LogP contribution in [0.4, 0.5) is 0 Å². The maximum atomic E-state index is 6.94. The Labute approximate surface area is 392 Å². The largest absolute Gasteiger partial charge is 0.455 e. The van der Waals surface area contributed by atoms with Gasteiger partial charge in [-0.15, -0.1) is 0 Å². The summed E-state index contributed by atoms with van der Waals surface area (Å²) in [6.07, 6.45) is 0. The molecule has 3 heterocycles. The maximum Gasteiger partial charge on any atom is 0.164 e. The summed E-state index contributed by atoms with van der Waals surface area (Å²) in [6.45, 7) is 0. The number of aromatic nitrogens is 3. The summed E-state index contributed by atoms with van der Waals surface area (Å²) in [5.41, 5.74) is 16.7. The topological polar surface area (TPSA) is 65.0 Å². The molecule has 0 aliphatic carbocycles. The van der Waals surface area contributed by atoms with Gasteiger partial charge >= 0.3 is 0 Å². The molecule has 0 aliphatic heterocycles. The van der Waals surface area contributed by atoms with E-state index in [1.54, 1.807) is 0 Å². The van der Waals surface area contributed by atoms with Crippen LogP contribution in [0.5, 0.6) is 0 Å². The Hall–Kier alpha value is -9.19. The van der Waals surface area contributed by atoms with Crippen LogP contribution < -0.4 is 0 Å². The second-order valence-electron chi connectivity index (χ2n) is 17.1. The predicted octanol–water partition coefficient (Wildman–Crippen LogP) is 17.0. The lowest BCUT2D eigenvalue weighted by atomic mass is 9.97. The number of hydrogen-bond acceptors (Lipinski definition) is 5. The van der Waals surface area contributed by atoms with Crippen LogP contribution in [-0.2, 0) is 0 Å². The fourth-order valence-corrected chi connectivity index (χ4v) is 9.67. The van der Waals surface area contributed by atoms with E-state index in [1.807, 2.05) is 42.5 Å². The van der Waals surface area contributed by atoms with Gasteiger partial charge in [0.1, 0.15) is 22.3 Å². The van der Waals surface area contributed by atoms with E-state index in [0.717, 1.165) is 111 Å². The molecule has 0 unspecified atom stereocenters. The zero-order valence-corrected chi connectivity index (χ0v) is 36.7. The molecule has 318 valence electrons. The molecule has 5 nitrogen and oxygen atoms in total. The van der Waals surface area contributed by atoms with Crippen LogP contribution in [0.2, 0.25) is 0 Å². The molecular weight excluding hydrogens is 831 g/mol. The number of benzene rings is 10. The van der Waals surface area contributed by atoms with Crippen LogP contribution in [0.25, 0.3) is 134 Å². The van der Waals surface area contributed by atoms with Gasteiger partial charge < -0.3 is 8.83 Å². The minimum absolute atomic E-state index is 0.575. The van der Waals surface area contributed by atoms with E-state index in [4.69, 9.17) is 23.8 Å². The molecule has 0 bridgehead atoms. The van der Waals surface area contributed by atoms with Crippen LogP contribution >= 0.6 is 0 Å². The van der Waals surface area contributed by atoms with Gasteiger partial charge in [-0.3, -0.25) is 0 Å². The Kier molecular flexibility index (Phi) is 9.43. The van der Waals surface area contributed by atoms with Gasteiger partial charge in [-0.05, 0) is 51.6 Å². The van der Waals surface area contributed by atoms with Gasteiger partial charge in [-0.2, -0.15) is 0 Å². The molecule has 13 rings (SSSR count). The smallest absolute Gasteiger partial charge is 0.164 e. The Morgan fingerprint density at radius 2 is 0.485 bits per heavy atom. The highest BCUT2D eigenvalue weighted by Crippen LogP contribution is 2.43. The first-order valence-corrected chi connectivity index (χ1v) is 22.8. The van der Waals surface area contributed by atoms with Crippen LogP contribution in [0, 0.1) is 0 Å². The van der Waals surface area contributed by atoms with Crippen molar-refractivity contribution in [2.24, 2.45) is 0 Å². The highest BCUT2D eigenvalue weighted by molar-refractivity contribution is 6.14. The molecule has 0 radical (unpaired) electrons. The fraction of sp³-hybridized carbons (Fsp3) is 0. The van der Waals surface area contributed by atoms with Crippen molar-refractivity contribution in [2.45, 2.75) is 0 Å². The molecule has 0 saturated heterocycles. The molecule has 0 spiro atoms. The van der Waals surface area contributed by atoms with Crippen LogP contribution in [0.1, 0.15) is 0 Å². The van der Waals surface area contributed by atoms with Gasteiger partial charge in [0.15, 0.2) is 17.5 Å². The lowest BCUT2D eigenvalue weighted by Crippen LogP contribution is -2.00. The fourth-order valence-electron chi connectivity index (χ4n) is 9.67. The number of rotatable bonds is 8. The van der Waals surface area contributed by atoms with Crippen molar-refractivity contribution in [3.63, 3.8) is 0 Å². The van der Waals surface area contributed by atoms with Gasteiger partial charge in [0.25, 0.3) is 0 Å². The summed E-state index contributed by atoms with van der Waals surface area (Å²) in [6, 6.07) is 82.0. The molecule has 5 heteroatoms. The zero-order chi connectivity index (χ0) is 45.0. The SMILES string of the molecule is c1ccc(-c2cccc(-c3cccc4c3oc3c(-c5cccc(-c6nc(-c7ccccc7)nc(-c7cccc(-c8cccc9c8oc8c(-c%10ccccc%10)cccc89)c7)n6)c5)cccc34)c2)cc1. The molecule has 0 saturated carbocycles. The maximum absolute atomic E-state index is 6.94. The summed E-state index contributed by atoms with van der Waals surface area (Å²) in [7, 11) is 0. The molecule has 0 atom stereocenters. The summed E-state index contributed by atoms with van der Waals surface area (Å²) in [5.74, 6) is 1.75. The van der Waals surface area contributed by atoms with Gasteiger partial charge in [0.05, 0.1) is 0 Å². The van der Waals surface area contributed by atoms with Gasteiger partial charge in [0.2, 0.25) is 0 Å². The second kappa shape index (κ2) is 16.4. The molecule has 13 aromatic rings. The summed E-state index contributed by atoms with van der Waals surface area (Å²) in [4.78, 5) is 15.5. The van der Waals surface area contributed by atoms with Crippen LogP contribution in [0.3, 0.4) is 0 Å². The first-order valence-electron chi connectivity index (χ1n) is 22.8. The van der Waals surface area contributed by atoms with Crippen molar-refractivity contribution in [3.05, 3.63) is 237 Å². The van der Waals surface area contributed by atoms with Crippen molar-refractivity contribution in [3.8, 4) is 89.8 Å². The first kappa shape index (κ1) is 39.2. The van der Waals surface area contributed by atoms with Gasteiger partial charge in [-0.1, -0.05) is 218 Å². The third-order valence-corrected chi connectivity index (χ3v) is 12.9. The summed E-state index contributed by atoms with van der Waals surface area (Å²) in [5, 5.41) is 4.29. The van der Waals surface area contributed by atoms with E-state index in [9.17, 15) is 0 Å². The highest BCUT2D eigenvalue weighted by Gasteiger charge is 2.20. The van der Waals surface area contributed by atoms with E-state index in [1.165, 1.54) is 5.56 Å². The minimum Gasteiger partial charge on any atom is -0.455 e. The first-order chi connectivity index (χ1) is 33.7. The van der Waals surface area contributed by atoms with Crippen LogP contribution in [-0.4, -0.2) is 15.0 Å². The zero-order valence-electron chi connectivity index (χ0n) is 36.7. The molecule has 0 fully saturated rings.